The van der Waals surface area contributed by atoms with Crippen LogP contribution in [-0.4, -0.2) is 44.6 Å². The van der Waals surface area contributed by atoms with Gasteiger partial charge in [-0.1, -0.05) is 6.07 Å². The summed E-state index contributed by atoms with van der Waals surface area (Å²) in [5.74, 6) is 1.11. The van der Waals surface area contributed by atoms with Crippen molar-refractivity contribution in [2.24, 2.45) is 0 Å². The molecule has 0 N–H and O–H groups in total. The summed E-state index contributed by atoms with van der Waals surface area (Å²) < 4.78 is 6.51. The van der Waals surface area contributed by atoms with Crippen molar-refractivity contribution in [2.45, 2.75) is 37.3 Å². The highest BCUT2D eigenvalue weighted by molar-refractivity contribution is 8.01. The Bertz CT molecular complexity index is 655. The Labute approximate surface area is 145 Å². The van der Waals surface area contributed by atoms with Gasteiger partial charge < -0.3 is 4.74 Å². The molecular weight excluding hydrogens is 326 g/mol. The van der Waals surface area contributed by atoms with Crippen molar-refractivity contribution in [3.05, 3.63) is 46.2 Å². The molecule has 4 rings (SSSR count). The minimum absolute atomic E-state index is 0.379. The van der Waals surface area contributed by atoms with E-state index in [-0.39, 0.29) is 0 Å². The highest BCUT2D eigenvalue weighted by atomic mass is 32.2. The van der Waals surface area contributed by atoms with Gasteiger partial charge in [-0.3, -0.25) is 9.88 Å². The predicted octanol–water partition coefficient (Wildman–Crippen LogP) is 3.12. The third-order valence-corrected chi connectivity index (χ3v) is 6.86. The van der Waals surface area contributed by atoms with Crippen molar-refractivity contribution in [2.75, 3.05) is 18.8 Å². The summed E-state index contributed by atoms with van der Waals surface area (Å²) in [5.41, 5.74) is 2.38. The molecule has 1 unspecified atom stereocenters. The molecule has 2 aliphatic heterocycles. The molecule has 0 amide bonds. The molecule has 6 heteroatoms. The van der Waals surface area contributed by atoms with Crippen LogP contribution in [0.4, 0.5) is 0 Å². The van der Waals surface area contributed by atoms with E-state index in [0.29, 0.717) is 17.5 Å². The quantitative estimate of drug-likeness (QED) is 0.831. The summed E-state index contributed by atoms with van der Waals surface area (Å²) in [6.45, 7) is 6.08. The van der Waals surface area contributed by atoms with Gasteiger partial charge in [0, 0.05) is 47.9 Å². The SMILES string of the molecule is Cc1nc(CN2CC3(CC(OCc4cccnc4)CS3)C2)cs1. The molecule has 0 bridgehead atoms. The van der Waals surface area contributed by atoms with E-state index in [1.54, 1.807) is 17.5 Å². The van der Waals surface area contributed by atoms with E-state index in [1.807, 2.05) is 12.3 Å². The van der Waals surface area contributed by atoms with E-state index in [1.165, 1.54) is 25.2 Å². The number of aryl methyl sites for hydroxylation is 1. The number of hydrogen-bond acceptors (Lipinski definition) is 6. The molecule has 2 aromatic heterocycles. The maximum atomic E-state index is 6.09. The van der Waals surface area contributed by atoms with Crippen LogP contribution in [0.2, 0.25) is 0 Å². The van der Waals surface area contributed by atoms with Crippen LogP contribution in [0.15, 0.2) is 29.9 Å². The number of likely N-dealkylation sites (tertiary alicyclic amines) is 1. The molecule has 0 radical (unpaired) electrons. The molecule has 2 saturated heterocycles. The number of aromatic nitrogens is 2. The van der Waals surface area contributed by atoms with Crippen molar-refractivity contribution in [3.8, 4) is 0 Å². The molecule has 4 nitrogen and oxygen atoms in total. The van der Waals surface area contributed by atoms with Crippen LogP contribution >= 0.6 is 23.1 Å². The lowest BCUT2D eigenvalue weighted by Gasteiger charge is -2.47. The lowest BCUT2D eigenvalue weighted by Crippen LogP contribution is -2.58. The van der Waals surface area contributed by atoms with Crippen molar-refractivity contribution >= 4 is 23.1 Å². The van der Waals surface area contributed by atoms with Gasteiger partial charge in [0.1, 0.15) is 0 Å². The standard InChI is InChI=1S/C17H21N3OS2/c1-13-19-15(9-22-13)7-20-11-17(12-20)5-16(10-23-17)21-8-14-3-2-4-18-6-14/h2-4,6,9,16H,5,7-8,10-12H2,1H3. The molecule has 2 fully saturated rings. The Morgan fingerprint density at radius 3 is 3.09 bits per heavy atom. The highest BCUT2D eigenvalue weighted by Gasteiger charge is 2.49. The second-order valence-electron chi connectivity index (χ2n) is 6.50. The predicted molar refractivity (Wildman–Crippen MR) is 94.7 cm³/mol. The molecule has 122 valence electrons. The Balaban J connectivity index is 1.23. The van der Waals surface area contributed by atoms with Crippen molar-refractivity contribution in [1.82, 2.24) is 14.9 Å². The third-order valence-electron chi connectivity index (χ3n) is 4.46. The second kappa shape index (κ2) is 6.51. The summed E-state index contributed by atoms with van der Waals surface area (Å²) in [6.07, 6.45) is 5.24. The van der Waals surface area contributed by atoms with E-state index in [4.69, 9.17) is 4.74 Å². The number of pyridine rings is 1. The van der Waals surface area contributed by atoms with E-state index < -0.39 is 0 Å². The van der Waals surface area contributed by atoms with Crippen LogP contribution in [0.5, 0.6) is 0 Å². The Morgan fingerprint density at radius 1 is 1.43 bits per heavy atom. The maximum Gasteiger partial charge on any atom is 0.0897 e. The van der Waals surface area contributed by atoms with Crippen LogP contribution in [-0.2, 0) is 17.9 Å². The zero-order chi connectivity index (χ0) is 15.7. The minimum atomic E-state index is 0.379. The lowest BCUT2D eigenvalue weighted by molar-refractivity contribution is 0.0261. The molecule has 1 atom stereocenters. The van der Waals surface area contributed by atoms with Crippen LogP contribution < -0.4 is 0 Å². The Morgan fingerprint density at radius 2 is 2.35 bits per heavy atom. The van der Waals surface area contributed by atoms with Crippen molar-refractivity contribution in [3.63, 3.8) is 0 Å². The third kappa shape index (κ3) is 3.60. The molecule has 4 heterocycles. The van der Waals surface area contributed by atoms with Gasteiger partial charge in [0.15, 0.2) is 0 Å². The highest BCUT2D eigenvalue weighted by Crippen LogP contribution is 2.46. The van der Waals surface area contributed by atoms with Crippen LogP contribution in [0.3, 0.4) is 0 Å². The van der Waals surface area contributed by atoms with Crippen LogP contribution in [0.25, 0.3) is 0 Å². The van der Waals surface area contributed by atoms with E-state index in [9.17, 15) is 0 Å². The molecule has 0 aliphatic carbocycles. The average molecular weight is 348 g/mol. The second-order valence-corrected chi connectivity index (χ2v) is 9.05. The number of thiazole rings is 1. The Kier molecular flexibility index (Phi) is 4.41. The van der Waals surface area contributed by atoms with Gasteiger partial charge in [0.25, 0.3) is 0 Å². The first-order valence-electron chi connectivity index (χ1n) is 7.99. The van der Waals surface area contributed by atoms with Gasteiger partial charge >= 0.3 is 0 Å². The van der Waals surface area contributed by atoms with Gasteiger partial charge in [0.05, 0.1) is 23.4 Å². The first-order chi connectivity index (χ1) is 11.2. The maximum absolute atomic E-state index is 6.09. The minimum Gasteiger partial charge on any atom is -0.373 e. The average Bonchev–Trinajstić information content (AvgIpc) is 3.13. The molecule has 23 heavy (non-hydrogen) atoms. The van der Waals surface area contributed by atoms with Gasteiger partial charge in [0.2, 0.25) is 0 Å². The summed E-state index contributed by atoms with van der Waals surface area (Å²) in [7, 11) is 0. The smallest absolute Gasteiger partial charge is 0.0897 e. The normalized spacial score (nSPS) is 23.3. The fraction of sp³-hybridized carbons (Fsp3) is 0.529. The summed E-state index contributed by atoms with van der Waals surface area (Å²) in [6, 6.07) is 4.04. The van der Waals surface area contributed by atoms with Crippen molar-refractivity contribution < 1.29 is 4.74 Å². The largest absolute Gasteiger partial charge is 0.373 e. The molecule has 2 aromatic rings. The fourth-order valence-electron chi connectivity index (χ4n) is 3.42. The first-order valence-corrected chi connectivity index (χ1v) is 9.85. The monoisotopic (exact) mass is 347 g/mol. The molecule has 1 spiro atoms. The topological polar surface area (TPSA) is 38.2 Å². The van der Waals surface area contributed by atoms with Crippen LogP contribution in [0, 0.1) is 6.92 Å². The van der Waals surface area contributed by atoms with Gasteiger partial charge in [-0.25, -0.2) is 4.98 Å². The summed E-state index contributed by atoms with van der Waals surface area (Å²) in [5, 5.41) is 3.34. The zero-order valence-corrected chi connectivity index (χ0v) is 14.9. The van der Waals surface area contributed by atoms with Crippen molar-refractivity contribution in [1.29, 1.82) is 0 Å². The lowest BCUT2D eigenvalue weighted by atomic mass is 9.93. The number of thioether (sulfide) groups is 1. The van der Waals surface area contributed by atoms with Gasteiger partial charge in [-0.2, -0.15) is 0 Å². The number of nitrogens with zero attached hydrogens (tertiary/aromatic N) is 3. The summed E-state index contributed by atoms with van der Waals surface area (Å²) in [4.78, 5) is 11.2. The van der Waals surface area contributed by atoms with E-state index >= 15 is 0 Å². The Hall–Kier alpha value is -0.950. The number of hydrogen-bond donors (Lipinski definition) is 0. The van der Waals surface area contributed by atoms with E-state index in [0.717, 1.165) is 22.9 Å². The van der Waals surface area contributed by atoms with Gasteiger partial charge in [-0.15, -0.1) is 23.1 Å². The van der Waals surface area contributed by atoms with E-state index in [2.05, 4.69) is 45.0 Å². The van der Waals surface area contributed by atoms with Crippen LogP contribution in [0.1, 0.15) is 22.7 Å². The molecular formula is C17H21N3OS2. The number of ether oxygens (including phenoxy) is 1. The fourth-order valence-corrected chi connectivity index (χ4v) is 5.63. The first kappa shape index (κ1) is 15.6. The molecule has 2 aliphatic rings. The molecule has 0 aromatic carbocycles. The number of rotatable bonds is 5. The summed E-state index contributed by atoms with van der Waals surface area (Å²) >= 11 is 3.84. The van der Waals surface area contributed by atoms with Gasteiger partial charge in [-0.05, 0) is 25.0 Å². The zero-order valence-electron chi connectivity index (χ0n) is 13.3. The molecule has 0 saturated carbocycles.